The molecule has 0 amide bonds. The Morgan fingerprint density at radius 3 is 2.87 bits per heavy atom. The number of aliphatic hydroxyl groups excluding tert-OH is 1. The summed E-state index contributed by atoms with van der Waals surface area (Å²) in [6.45, 7) is 4.36. The van der Waals surface area contributed by atoms with Gasteiger partial charge in [0, 0.05) is 4.88 Å². The first-order valence-electron chi connectivity index (χ1n) is 4.96. The smallest absolute Gasteiger partial charge is 0.308 e. The van der Waals surface area contributed by atoms with Gasteiger partial charge in [-0.25, -0.2) is 0 Å². The maximum atomic E-state index is 11.3. The lowest BCUT2D eigenvalue weighted by atomic mass is 10.2. The van der Waals surface area contributed by atoms with Gasteiger partial charge in [-0.3, -0.25) is 4.79 Å². The molecule has 1 atom stereocenters. The molecule has 1 aromatic heterocycles. The Morgan fingerprint density at radius 1 is 1.60 bits per heavy atom. The van der Waals surface area contributed by atoms with Gasteiger partial charge in [0.25, 0.3) is 0 Å². The molecule has 0 aromatic carbocycles. The average Bonchev–Trinajstić information content (AvgIpc) is 2.67. The topological polar surface area (TPSA) is 46.5 Å². The Hall–Kier alpha value is -0.870. The summed E-state index contributed by atoms with van der Waals surface area (Å²) >= 11 is 1.44. The fraction of sp³-hybridized carbons (Fsp3) is 0.545. The van der Waals surface area contributed by atoms with E-state index in [1.165, 1.54) is 11.3 Å². The van der Waals surface area contributed by atoms with Gasteiger partial charge in [-0.2, -0.15) is 0 Å². The van der Waals surface area contributed by atoms with Crippen molar-refractivity contribution in [3.05, 3.63) is 22.4 Å². The Balaban J connectivity index is 2.32. The highest BCUT2D eigenvalue weighted by atomic mass is 32.1. The maximum absolute atomic E-state index is 11.3. The molecule has 1 aromatic rings. The average molecular weight is 228 g/mol. The molecule has 0 bridgehead atoms. The van der Waals surface area contributed by atoms with Gasteiger partial charge < -0.3 is 9.84 Å². The first-order chi connectivity index (χ1) is 7.09. The molecule has 4 heteroatoms. The number of ether oxygens (including phenoxy) is 1. The Morgan fingerprint density at radius 2 is 2.33 bits per heavy atom. The predicted molar refractivity (Wildman–Crippen MR) is 59.7 cm³/mol. The van der Waals surface area contributed by atoms with Crippen LogP contribution >= 0.6 is 11.3 Å². The van der Waals surface area contributed by atoms with Crippen molar-refractivity contribution in [3.63, 3.8) is 0 Å². The Kier molecular flexibility index (Phi) is 4.78. The van der Waals surface area contributed by atoms with Crippen LogP contribution in [0, 0.1) is 5.92 Å². The number of hydrogen-bond acceptors (Lipinski definition) is 4. The lowest BCUT2D eigenvalue weighted by molar-refractivity contribution is -0.147. The fourth-order valence-corrected chi connectivity index (χ4v) is 1.77. The van der Waals surface area contributed by atoms with E-state index in [-0.39, 0.29) is 12.4 Å². The van der Waals surface area contributed by atoms with E-state index in [2.05, 4.69) is 0 Å². The Bertz CT molecular complexity index is 293. The van der Waals surface area contributed by atoms with E-state index in [9.17, 15) is 9.90 Å². The normalized spacial score (nSPS) is 12.8. The summed E-state index contributed by atoms with van der Waals surface area (Å²) in [5.74, 6) is -0.0163. The standard InChI is InChI=1S/C11H16O3S/c1-8(2)7-14-11(13)6-9(12)10-4-3-5-15-10/h3-5,8-9,12H,6-7H2,1-2H3/t9-/m1/s1. The van der Waals surface area contributed by atoms with Gasteiger partial charge in [-0.15, -0.1) is 11.3 Å². The SMILES string of the molecule is CC(C)COC(=O)C[C@@H](O)c1cccs1. The molecule has 0 spiro atoms. The molecule has 3 nitrogen and oxygen atoms in total. The minimum Gasteiger partial charge on any atom is -0.465 e. The van der Waals surface area contributed by atoms with Crippen LogP contribution in [0.3, 0.4) is 0 Å². The molecule has 84 valence electrons. The zero-order valence-corrected chi connectivity index (χ0v) is 9.79. The summed E-state index contributed by atoms with van der Waals surface area (Å²) in [6, 6.07) is 3.66. The number of hydrogen-bond donors (Lipinski definition) is 1. The van der Waals surface area contributed by atoms with Gasteiger partial charge in [-0.1, -0.05) is 19.9 Å². The van der Waals surface area contributed by atoms with Crippen molar-refractivity contribution in [2.75, 3.05) is 6.61 Å². The molecule has 0 unspecified atom stereocenters. The van der Waals surface area contributed by atoms with Crippen LogP contribution in [0.25, 0.3) is 0 Å². The molecular formula is C11H16O3S. The molecule has 1 heterocycles. The summed E-state index contributed by atoms with van der Waals surface area (Å²) in [5.41, 5.74) is 0. The second-order valence-electron chi connectivity index (χ2n) is 3.81. The molecule has 0 saturated heterocycles. The van der Waals surface area contributed by atoms with Crippen LogP contribution in [-0.4, -0.2) is 17.7 Å². The summed E-state index contributed by atoms with van der Waals surface area (Å²) < 4.78 is 4.98. The van der Waals surface area contributed by atoms with Crippen LogP contribution < -0.4 is 0 Å². The number of thiophene rings is 1. The van der Waals surface area contributed by atoms with Crippen molar-refractivity contribution >= 4 is 17.3 Å². The van der Waals surface area contributed by atoms with Crippen LogP contribution in [0.1, 0.15) is 31.2 Å². The van der Waals surface area contributed by atoms with E-state index in [4.69, 9.17) is 4.74 Å². The number of carbonyl (C=O) groups excluding carboxylic acids is 1. The lowest BCUT2D eigenvalue weighted by Crippen LogP contribution is -2.12. The number of aliphatic hydroxyl groups is 1. The van der Waals surface area contributed by atoms with Gasteiger partial charge in [0.15, 0.2) is 0 Å². The van der Waals surface area contributed by atoms with Crippen molar-refractivity contribution in [1.82, 2.24) is 0 Å². The van der Waals surface area contributed by atoms with Crippen LogP contribution in [-0.2, 0) is 9.53 Å². The number of carbonyl (C=O) groups is 1. The number of esters is 1. The second kappa shape index (κ2) is 5.88. The summed E-state index contributed by atoms with van der Waals surface area (Å²) in [4.78, 5) is 12.1. The first-order valence-corrected chi connectivity index (χ1v) is 5.84. The highest BCUT2D eigenvalue weighted by Crippen LogP contribution is 2.21. The van der Waals surface area contributed by atoms with Gasteiger partial charge >= 0.3 is 5.97 Å². The van der Waals surface area contributed by atoms with E-state index < -0.39 is 6.10 Å². The van der Waals surface area contributed by atoms with Crippen molar-refractivity contribution in [1.29, 1.82) is 0 Å². The molecule has 1 N–H and O–H groups in total. The summed E-state index contributed by atoms with van der Waals surface area (Å²) in [5, 5.41) is 11.5. The Labute approximate surface area is 93.7 Å². The highest BCUT2D eigenvalue weighted by molar-refractivity contribution is 7.10. The first kappa shape index (κ1) is 12.2. The van der Waals surface area contributed by atoms with Crippen molar-refractivity contribution in [2.45, 2.75) is 26.4 Å². The fourth-order valence-electron chi connectivity index (χ4n) is 1.06. The third kappa shape index (κ3) is 4.44. The van der Waals surface area contributed by atoms with Gasteiger partial charge in [-0.05, 0) is 17.4 Å². The molecule has 0 aliphatic heterocycles. The van der Waals surface area contributed by atoms with Gasteiger partial charge in [0.05, 0.1) is 19.1 Å². The monoisotopic (exact) mass is 228 g/mol. The van der Waals surface area contributed by atoms with Crippen LogP contribution in [0.5, 0.6) is 0 Å². The minimum absolute atomic E-state index is 0.0350. The van der Waals surface area contributed by atoms with E-state index in [1.54, 1.807) is 0 Å². The molecular weight excluding hydrogens is 212 g/mol. The van der Waals surface area contributed by atoms with Crippen molar-refractivity contribution < 1.29 is 14.6 Å². The minimum atomic E-state index is -0.732. The van der Waals surface area contributed by atoms with Crippen molar-refractivity contribution in [2.24, 2.45) is 5.92 Å². The largest absolute Gasteiger partial charge is 0.465 e. The third-order valence-corrected chi connectivity index (χ3v) is 2.78. The van der Waals surface area contributed by atoms with E-state index in [0.29, 0.717) is 12.5 Å². The summed E-state index contributed by atoms with van der Waals surface area (Å²) in [6.07, 6.45) is -0.697. The highest BCUT2D eigenvalue weighted by Gasteiger charge is 2.14. The molecule has 0 aliphatic carbocycles. The van der Waals surface area contributed by atoms with Crippen LogP contribution in [0.15, 0.2) is 17.5 Å². The van der Waals surface area contributed by atoms with Gasteiger partial charge in [0.1, 0.15) is 0 Å². The quantitative estimate of drug-likeness (QED) is 0.787. The third-order valence-electron chi connectivity index (χ3n) is 1.81. The molecule has 15 heavy (non-hydrogen) atoms. The number of rotatable bonds is 5. The molecule has 0 radical (unpaired) electrons. The van der Waals surface area contributed by atoms with Crippen LogP contribution in [0.4, 0.5) is 0 Å². The molecule has 0 saturated carbocycles. The maximum Gasteiger partial charge on any atom is 0.308 e. The van der Waals surface area contributed by atoms with Crippen LogP contribution in [0.2, 0.25) is 0 Å². The zero-order chi connectivity index (χ0) is 11.3. The predicted octanol–water partition coefficient (Wildman–Crippen LogP) is 2.37. The van der Waals surface area contributed by atoms with E-state index >= 15 is 0 Å². The molecule has 0 aliphatic rings. The summed E-state index contributed by atoms with van der Waals surface area (Å²) in [7, 11) is 0. The molecule has 1 rings (SSSR count). The molecule has 0 fully saturated rings. The van der Waals surface area contributed by atoms with Gasteiger partial charge in [0.2, 0.25) is 0 Å². The van der Waals surface area contributed by atoms with E-state index in [1.807, 2.05) is 31.4 Å². The lowest BCUT2D eigenvalue weighted by Gasteiger charge is -2.10. The second-order valence-corrected chi connectivity index (χ2v) is 4.79. The van der Waals surface area contributed by atoms with E-state index in [0.717, 1.165) is 4.88 Å². The zero-order valence-electron chi connectivity index (χ0n) is 8.97. The van der Waals surface area contributed by atoms with Crippen molar-refractivity contribution in [3.8, 4) is 0 Å².